The number of carbonyl (C=O) groups is 2. The molecule has 0 aliphatic carbocycles. The van der Waals surface area contributed by atoms with Crippen LogP contribution >= 0.6 is 0 Å². The summed E-state index contributed by atoms with van der Waals surface area (Å²) in [5, 5.41) is 0. The Labute approximate surface area is 265 Å². The molecule has 0 radical (unpaired) electrons. The van der Waals surface area contributed by atoms with E-state index in [4.69, 9.17) is 18.9 Å². The second-order valence-corrected chi connectivity index (χ2v) is 10.8. The summed E-state index contributed by atoms with van der Waals surface area (Å²) in [6.45, 7) is 9.85. The van der Waals surface area contributed by atoms with Gasteiger partial charge in [-0.25, -0.2) is 9.59 Å². The van der Waals surface area contributed by atoms with Gasteiger partial charge in [-0.2, -0.15) is 0 Å². The third-order valence-corrected chi connectivity index (χ3v) is 7.34. The minimum absolute atomic E-state index is 0.0929. The Balaban J connectivity index is 1.52. The molecule has 0 amide bonds. The zero-order chi connectivity index (χ0) is 32.2. The normalized spacial score (nSPS) is 10.7. The molecule has 6 heteroatoms. The first kappa shape index (κ1) is 33.1. The van der Waals surface area contributed by atoms with Gasteiger partial charge >= 0.3 is 11.9 Å². The van der Waals surface area contributed by atoms with Crippen molar-refractivity contribution in [3.63, 3.8) is 0 Å². The van der Waals surface area contributed by atoms with Crippen molar-refractivity contribution < 1.29 is 28.5 Å². The third-order valence-electron chi connectivity index (χ3n) is 7.34. The summed E-state index contributed by atoms with van der Waals surface area (Å²) in [5.41, 5.74) is 8.11. The fraction of sp³-hybridized carbons (Fsp3) is 0.231. The molecule has 0 spiro atoms. The van der Waals surface area contributed by atoms with Gasteiger partial charge in [0, 0.05) is 14.2 Å². The zero-order valence-electron chi connectivity index (χ0n) is 26.3. The van der Waals surface area contributed by atoms with E-state index in [1.54, 1.807) is 18.2 Å². The Bertz CT molecular complexity index is 1620. The molecule has 6 nitrogen and oxygen atoms in total. The molecule has 0 unspecified atom stereocenters. The van der Waals surface area contributed by atoms with Crippen LogP contribution in [0.5, 0.6) is 11.5 Å². The minimum atomic E-state index is -0.536. The van der Waals surface area contributed by atoms with Gasteiger partial charge in [0.1, 0.15) is 11.5 Å². The van der Waals surface area contributed by atoms with Crippen LogP contribution in [-0.2, 0) is 38.3 Å². The molecule has 4 aromatic carbocycles. The lowest BCUT2D eigenvalue weighted by molar-refractivity contribution is -0.131. The highest BCUT2D eigenvalue weighted by Crippen LogP contribution is 2.30. The van der Waals surface area contributed by atoms with Crippen molar-refractivity contribution in [2.45, 2.75) is 32.6 Å². The second-order valence-electron chi connectivity index (χ2n) is 10.8. The van der Waals surface area contributed by atoms with Crippen molar-refractivity contribution in [2.75, 3.05) is 27.4 Å². The van der Waals surface area contributed by atoms with Gasteiger partial charge in [-0.05, 0) is 82.5 Å². The van der Waals surface area contributed by atoms with Crippen molar-refractivity contribution in [1.82, 2.24) is 0 Å². The van der Waals surface area contributed by atoms with Crippen molar-refractivity contribution in [3.8, 4) is 33.8 Å². The van der Waals surface area contributed by atoms with E-state index in [9.17, 15) is 9.59 Å². The van der Waals surface area contributed by atoms with Gasteiger partial charge in [-0.1, -0.05) is 93.2 Å². The van der Waals surface area contributed by atoms with Gasteiger partial charge in [0.2, 0.25) is 0 Å². The number of methoxy groups -OCH3 is 2. The Morgan fingerprint density at radius 3 is 1.58 bits per heavy atom. The molecule has 0 aliphatic rings. The number of ether oxygens (including phenoxy) is 4. The standard InChI is InChI=1S/C39H40O6/c1-6-7-29-8-13-31(14-9-29)32-15-10-30(11-16-32)12-17-35-24-34(20-23-37(35)45-39(41)28(3)26-43-5)33-18-21-36(22-19-33)44-38(40)27(2)25-42-4/h8-11,13-16,18-24H,2-3,6-7,12,17,25-26H2,1,4-5H3. The number of hydrogen-bond acceptors (Lipinski definition) is 6. The van der Waals surface area contributed by atoms with E-state index in [0.29, 0.717) is 17.9 Å². The summed E-state index contributed by atoms with van der Waals surface area (Å²) in [4.78, 5) is 24.8. The summed E-state index contributed by atoms with van der Waals surface area (Å²) in [5.74, 6) is -0.178. The molecular weight excluding hydrogens is 564 g/mol. The SMILES string of the molecule is C=C(COC)C(=O)Oc1ccc(-c2ccc(OC(=O)C(=C)COC)c(CCc3ccc(-c4ccc(CCC)cc4)cc3)c2)cc1. The first-order valence-corrected chi connectivity index (χ1v) is 15.0. The topological polar surface area (TPSA) is 71.1 Å². The Morgan fingerprint density at radius 1 is 0.578 bits per heavy atom. The minimum Gasteiger partial charge on any atom is -0.423 e. The highest BCUT2D eigenvalue weighted by atomic mass is 16.5. The lowest BCUT2D eigenvalue weighted by atomic mass is 9.97. The number of carbonyl (C=O) groups excluding carboxylic acids is 2. The molecule has 0 fully saturated rings. The van der Waals surface area contributed by atoms with E-state index < -0.39 is 11.9 Å². The molecule has 0 N–H and O–H groups in total. The van der Waals surface area contributed by atoms with Crippen molar-refractivity contribution in [3.05, 3.63) is 132 Å². The smallest absolute Gasteiger partial charge is 0.341 e. The highest BCUT2D eigenvalue weighted by molar-refractivity contribution is 5.90. The number of hydrogen-bond donors (Lipinski definition) is 0. The van der Waals surface area contributed by atoms with Gasteiger partial charge in [-0.3, -0.25) is 0 Å². The average Bonchev–Trinajstić information content (AvgIpc) is 3.05. The fourth-order valence-corrected chi connectivity index (χ4v) is 4.88. The number of rotatable bonds is 15. The van der Waals surface area contributed by atoms with E-state index in [1.165, 1.54) is 36.5 Å². The molecule has 4 rings (SSSR count). The fourth-order valence-electron chi connectivity index (χ4n) is 4.88. The molecule has 232 valence electrons. The molecule has 0 aliphatic heterocycles. The van der Waals surface area contributed by atoms with Crippen LogP contribution in [0.2, 0.25) is 0 Å². The number of aryl methyl sites for hydroxylation is 3. The molecule has 0 bridgehead atoms. The van der Waals surface area contributed by atoms with Gasteiger partial charge < -0.3 is 18.9 Å². The summed E-state index contributed by atoms with van der Waals surface area (Å²) >= 11 is 0. The molecule has 0 atom stereocenters. The summed E-state index contributed by atoms with van der Waals surface area (Å²) < 4.78 is 21.1. The van der Waals surface area contributed by atoms with E-state index in [2.05, 4.69) is 68.6 Å². The van der Waals surface area contributed by atoms with Gasteiger partial charge in [-0.15, -0.1) is 0 Å². The monoisotopic (exact) mass is 604 g/mol. The Morgan fingerprint density at radius 2 is 1.04 bits per heavy atom. The molecule has 0 saturated heterocycles. The Hall–Kier alpha value is -4.78. The summed E-state index contributed by atoms with van der Waals surface area (Å²) in [6.07, 6.45) is 3.62. The predicted molar refractivity (Wildman–Crippen MR) is 178 cm³/mol. The Kier molecular flexibility index (Phi) is 12.0. The maximum Gasteiger partial charge on any atom is 0.341 e. The zero-order valence-corrected chi connectivity index (χ0v) is 26.3. The lowest BCUT2D eigenvalue weighted by Crippen LogP contribution is -2.15. The van der Waals surface area contributed by atoms with Crippen LogP contribution in [0.1, 0.15) is 30.0 Å². The van der Waals surface area contributed by atoms with E-state index >= 15 is 0 Å². The van der Waals surface area contributed by atoms with Crippen molar-refractivity contribution in [2.24, 2.45) is 0 Å². The van der Waals surface area contributed by atoms with Crippen molar-refractivity contribution >= 4 is 11.9 Å². The van der Waals surface area contributed by atoms with E-state index in [-0.39, 0.29) is 24.4 Å². The van der Waals surface area contributed by atoms with Gasteiger partial charge in [0.05, 0.1) is 24.4 Å². The van der Waals surface area contributed by atoms with Crippen molar-refractivity contribution in [1.29, 1.82) is 0 Å². The molecule has 0 aromatic heterocycles. The van der Waals surface area contributed by atoms with Crippen LogP contribution in [0.15, 0.2) is 115 Å². The molecule has 0 saturated carbocycles. The largest absolute Gasteiger partial charge is 0.423 e. The van der Waals surface area contributed by atoms with Crippen LogP contribution in [0.4, 0.5) is 0 Å². The maximum absolute atomic E-state index is 12.7. The quantitative estimate of drug-likeness (QED) is 0.0779. The molecular formula is C39H40O6. The van der Waals surface area contributed by atoms with Crippen LogP contribution in [-0.4, -0.2) is 39.4 Å². The average molecular weight is 605 g/mol. The maximum atomic E-state index is 12.7. The molecule has 0 heterocycles. The number of benzene rings is 4. The lowest BCUT2D eigenvalue weighted by Gasteiger charge is -2.14. The van der Waals surface area contributed by atoms with E-state index in [0.717, 1.165) is 36.0 Å². The van der Waals surface area contributed by atoms with Crippen LogP contribution in [0, 0.1) is 0 Å². The number of esters is 2. The van der Waals surface area contributed by atoms with Gasteiger partial charge in [0.15, 0.2) is 0 Å². The first-order chi connectivity index (χ1) is 21.8. The van der Waals surface area contributed by atoms with Crippen LogP contribution in [0.3, 0.4) is 0 Å². The molecule has 4 aromatic rings. The predicted octanol–water partition coefficient (Wildman–Crippen LogP) is 7.97. The third kappa shape index (κ3) is 9.35. The summed E-state index contributed by atoms with van der Waals surface area (Å²) in [6, 6.07) is 30.3. The van der Waals surface area contributed by atoms with E-state index in [1.807, 2.05) is 24.3 Å². The second kappa shape index (κ2) is 16.3. The summed E-state index contributed by atoms with van der Waals surface area (Å²) in [7, 11) is 3.00. The van der Waals surface area contributed by atoms with Crippen LogP contribution < -0.4 is 9.47 Å². The first-order valence-electron chi connectivity index (χ1n) is 15.0. The van der Waals surface area contributed by atoms with Gasteiger partial charge in [0.25, 0.3) is 0 Å². The van der Waals surface area contributed by atoms with Crippen LogP contribution in [0.25, 0.3) is 22.3 Å². The highest BCUT2D eigenvalue weighted by Gasteiger charge is 2.15. The molecule has 45 heavy (non-hydrogen) atoms.